The molecule has 2 heterocycles. The van der Waals surface area contributed by atoms with Gasteiger partial charge < -0.3 is 0 Å². The Morgan fingerprint density at radius 1 is 1.25 bits per heavy atom. The SMILES string of the molecule is Cc1sc(C2=CC=CC(Cl)C=C2)nc1C1C(=O)CC(Cc2ccccn2)C1=O. The van der Waals surface area contributed by atoms with Crippen LogP contribution in [-0.2, 0) is 16.0 Å². The number of ketones is 2. The van der Waals surface area contributed by atoms with E-state index in [2.05, 4.69) is 9.97 Å². The van der Waals surface area contributed by atoms with Crippen LogP contribution < -0.4 is 0 Å². The van der Waals surface area contributed by atoms with E-state index in [-0.39, 0.29) is 29.3 Å². The fourth-order valence-corrected chi connectivity index (χ4v) is 4.72. The van der Waals surface area contributed by atoms with E-state index in [4.69, 9.17) is 11.6 Å². The van der Waals surface area contributed by atoms with Crippen molar-refractivity contribution in [3.8, 4) is 0 Å². The molecule has 2 aliphatic carbocycles. The maximum atomic E-state index is 13.0. The van der Waals surface area contributed by atoms with Crippen molar-refractivity contribution in [2.24, 2.45) is 5.92 Å². The van der Waals surface area contributed by atoms with E-state index in [0.29, 0.717) is 12.1 Å². The van der Waals surface area contributed by atoms with Gasteiger partial charge in [-0.3, -0.25) is 14.6 Å². The zero-order valence-corrected chi connectivity index (χ0v) is 16.9. The van der Waals surface area contributed by atoms with Crippen LogP contribution in [0.4, 0.5) is 0 Å². The Bertz CT molecular complexity index is 1010. The van der Waals surface area contributed by atoms with Crippen LogP contribution in [0.5, 0.6) is 0 Å². The zero-order chi connectivity index (χ0) is 19.7. The van der Waals surface area contributed by atoms with Gasteiger partial charge in [-0.1, -0.05) is 36.4 Å². The van der Waals surface area contributed by atoms with Gasteiger partial charge in [-0.15, -0.1) is 22.9 Å². The van der Waals surface area contributed by atoms with Gasteiger partial charge in [0.1, 0.15) is 16.7 Å². The third kappa shape index (κ3) is 3.77. The van der Waals surface area contributed by atoms with E-state index in [1.807, 2.05) is 55.5 Å². The van der Waals surface area contributed by atoms with Crippen LogP contribution in [0.25, 0.3) is 5.57 Å². The number of carbonyl (C=O) groups is 2. The van der Waals surface area contributed by atoms with E-state index in [9.17, 15) is 9.59 Å². The van der Waals surface area contributed by atoms with Crippen molar-refractivity contribution in [2.45, 2.75) is 31.1 Å². The maximum absolute atomic E-state index is 13.0. The van der Waals surface area contributed by atoms with Crippen molar-refractivity contribution >= 4 is 40.1 Å². The summed E-state index contributed by atoms with van der Waals surface area (Å²) in [6.07, 6.45) is 12.0. The molecule has 4 rings (SSSR count). The number of hydrogen-bond acceptors (Lipinski definition) is 5. The molecular weight excluding hydrogens is 392 g/mol. The van der Waals surface area contributed by atoms with Crippen LogP contribution in [-0.4, -0.2) is 26.9 Å². The number of aryl methyl sites for hydroxylation is 1. The van der Waals surface area contributed by atoms with Crippen LogP contribution in [0.2, 0.25) is 0 Å². The summed E-state index contributed by atoms with van der Waals surface area (Å²) in [6, 6.07) is 5.62. The largest absolute Gasteiger partial charge is 0.298 e. The Hall–Kier alpha value is -2.37. The third-order valence-corrected chi connectivity index (χ3v) is 6.35. The molecule has 2 aromatic heterocycles. The van der Waals surface area contributed by atoms with Crippen molar-refractivity contribution in [1.29, 1.82) is 0 Å². The summed E-state index contributed by atoms with van der Waals surface area (Å²) in [5.41, 5.74) is 2.37. The zero-order valence-electron chi connectivity index (χ0n) is 15.3. The standard InChI is InChI=1S/C22H19ClN2O2S/c1-13-20(25-22(28-13)14-5-4-6-16(23)9-8-14)19-18(26)12-15(21(19)27)11-17-7-2-3-10-24-17/h2-10,15-16,19H,11-12H2,1H3. The van der Waals surface area contributed by atoms with Gasteiger partial charge in [0.2, 0.25) is 0 Å². The summed E-state index contributed by atoms with van der Waals surface area (Å²) < 4.78 is 0. The molecule has 6 heteroatoms. The number of allylic oxidation sites excluding steroid dienone is 6. The first-order valence-corrected chi connectivity index (χ1v) is 10.4. The Morgan fingerprint density at radius 3 is 2.89 bits per heavy atom. The Kier molecular flexibility index (Phi) is 5.38. The Labute approximate surface area is 172 Å². The molecular formula is C22H19ClN2O2S. The molecule has 0 saturated heterocycles. The maximum Gasteiger partial charge on any atom is 0.153 e. The molecule has 2 aliphatic rings. The second-order valence-electron chi connectivity index (χ2n) is 7.00. The normalized spacial score (nSPS) is 24.5. The lowest BCUT2D eigenvalue weighted by atomic mass is 9.95. The number of Topliss-reactive ketones (excluding diaryl/α,β-unsaturated/α-hetero) is 2. The monoisotopic (exact) mass is 410 g/mol. The third-order valence-electron chi connectivity index (χ3n) is 5.02. The topological polar surface area (TPSA) is 59.9 Å². The summed E-state index contributed by atoms with van der Waals surface area (Å²) in [7, 11) is 0. The number of hydrogen-bond donors (Lipinski definition) is 0. The van der Waals surface area contributed by atoms with E-state index in [0.717, 1.165) is 21.2 Å². The van der Waals surface area contributed by atoms with E-state index >= 15 is 0 Å². The van der Waals surface area contributed by atoms with Gasteiger partial charge in [-0.25, -0.2) is 4.98 Å². The predicted molar refractivity (Wildman–Crippen MR) is 112 cm³/mol. The number of halogens is 1. The molecule has 0 amide bonds. The summed E-state index contributed by atoms with van der Waals surface area (Å²) in [6.45, 7) is 1.92. The number of pyridine rings is 1. The molecule has 142 valence electrons. The average Bonchev–Trinajstić information content (AvgIpc) is 3.07. The highest BCUT2D eigenvalue weighted by molar-refractivity contribution is 7.12. The molecule has 0 radical (unpaired) electrons. The van der Waals surface area contributed by atoms with Crippen LogP contribution in [0.15, 0.2) is 54.8 Å². The molecule has 0 N–H and O–H groups in total. The lowest BCUT2D eigenvalue weighted by Gasteiger charge is -2.08. The van der Waals surface area contributed by atoms with Crippen molar-refractivity contribution in [3.05, 3.63) is 76.0 Å². The summed E-state index contributed by atoms with van der Waals surface area (Å²) in [5.74, 6) is -1.17. The smallest absolute Gasteiger partial charge is 0.153 e. The van der Waals surface area contributed by atoms with Gasteiger partial charge >= 0.3 is 0 Å². The number of carbonyl (C=O) groups excluding carboxylic acids is 2. The summed E-state index contributed by atoms with van der Waals surface area (Å²) in [5, 5.41) is 0.646. The summed E-state index contributed by atoms with van der Waals surface area (Å²) >= 11 is 7.62. The molecule has 28 heavy (non-hydrogen) atoms. The van der Waals surface area contributed by atoms with Crippen LogP contribution in [0.3, 0.4) is 0 Å². The molecule has 4 nitrogen and oxygen atoms in total. The van der Waals surface area contributed by atoms with Crippen LogP contribution in [0.1, 0.15) is 33.6 Å². The quantitative estimate of drug-likeness (QED) is 0.552. The van der Waals surface area contributed by atoms with Gasteiger partial charge in [0.25, 0.3) is 0 Å². The van der Waals surface area contributed by atoms with Gasteiger partial charge in [0.05, 0.1) is 11.1 Å². The molecule has 1 fully saturated rings. The van der Waals surface area contributed by atoms with Crippen LogP contribution in [0, 0.1) is 12.8 Å². The van der Waals surface area contributed by atoms with Crippen molar-refractivity contribution < 1.29 is 9.59 Å². The van der Waals surface area contributed by atoms with Crippen molar-refractivity contribution in [1.82, 2.24) is 9.97 Å². The number of rotatable bonds is 4. The van der Waals surface area contributed by atoms with Crippen molar-refractivity contribution in [2.75, 3.05) is 0 Å². The highest BCUT2D eigenvalue weighted by atomic mass is 35.5. The fraction of sp³-hybridized carbons (Fsp3) is 0.273. The molecule has 0 spiro atoms. The molecule has 3 atom stereocenters. The minimum Gasteiger partial charge on any atom is -0.298 e. The molecule has 1 saturated carbocycles. The lowest BCUT2D eigenvalue weighted by molar-refractivity contribution is -0.124. The Balaban J connectivity index is 1.59. The second-order valence-corrected chi connectivity index (χ2v) is 8.71. The van der Waals surface area contributed by atoms with Crippen LogP contribution >= 0.6 is 22.9 Å². The first kappa shape index (κ1) is 19.0. The minimum absolute atomic E-state index is 0.0401. The van der Waals surface area contributed by atoms with Crippen molar-refractivity contribution in [3.63, 3.8) is 0 Å². The highest BCUT2D eigenvalue weighted by Crippen LogP contribution is 2.38. The van der Waals surface area contributed by atoms with E-state index in [1.165, 1.54) is 11.3 Å². The highest BCUT2D eigenvalue weighted by Gasteiger charge is 2.44. The predicted octanol–water partition coefficient (Wildman–Crippen LogP) is 4.45. The first-order valence-electron chi connectivity index (χ1n) is 9.17. The molecule has 0 bridgehead atoms. The lowest BCUT2D eigenvalue weighted by Crippen LogP contribution is -2.18. The molecule has 3 unspecified atom stereocenters. The number of thiazole rings is 1. The fourth-order valence-electron chi connectivity index (χ4n) is 3.61. The second kappa shape index (κ2) is 7.94. The van der Waals surface area contributed by atoms with Gasteiger partial charge in [0, 0.05) is 34.7 Å². The molecule has 0 aliphatic heterocycles. The average molecular weight is 411 g/mol. The van der Waals surface area contributed by atoms with Gasteiger partial charge in [-0.2, -0.15) is 0 Å². The summed E-state index contributed by atoms with van der Waals surface area (Å²) in [4.78, 5) is 35.6. The number of alkyl halides is 1. The molecule has 0 aromatic carbocycles. The molecule has 2 aromatic rings. The first-order chi connectivity index (χ1) is 13.5. The van der Waals surface area contributed by atoms with Gasteiger partial charge in [-0.05, 0) is 25.5 Å². The number of nitrogens with zero attached hydrogens (tertiary/aromatic N) is 2. The Morgan fingerprint density at radius 2 is 2.11 bits per heavy atom. The van der Waals surface area contributed by atoms with E-state index < -0.39 is 5.92 Å². The van der Waals surface area contributed by atoms with E-state index in [1.54, 1.807) is 6.20 Å². The van der Waals surface area contributed by atoms with Gasteiger partial charge in [0.15, 0.2) is 5.78 Å². The minimum atomic E-state index is -0.759. The number of aromatic nitrogens is 2.